The molecule has 2 unspecified atom stereocenters. The number of anilines is 2. The number of carbonyl (C=O) groups excluding carboxylic acids is 3. The van der Waals surface area contributed by atoms with Crippen LogP contribution in [-0.4, -0.2) is 84.9 Å². The van der Waals surface area contributed by atoms with Gasteiger partial charge in [-0.15, -0.1) is 13.2 Å². The van der Waals surface area contributed by atoms with Crippen LogP contribution in [0.4, 0.5) is 11.4 Å². The van der Waals surface area contributed by atoms with Crippen molar-refractivity contribution in [1.82, 2.24) is 4.90 Å². The maximum absolute atomic E-state index is 14.6. The molecule has 43 heavy (non-hydrogen) atoms. The molecule has 2 bridgehead atoms. The Kier molecular flexibility index (Phi) is 11.4. The van der Waals surface area contributed by atoms with E-state index in [-0.39, 0.29) is 31.6 Å². The normalized spacial score (nSPS) is 25.5. The first kappa shape index (κ1) is 32.7. The van der Waals surface area contributed by atoms with E-state index in [0.717, 1.165) is 43.7 Å². The van der Waals surface area contributed by atoms with E-state index in [2.05, 4.69) is 31.9 Å². The highest BCUT2D eigenvalue weighted by atomic mass is 16.6. The monoisotopic (exact) mass is 595 g/mol. The second-order valence-electron chi connectivity index (χ2n) is 11.7. The maximum Gasteiger partial charge on any atom is 0.312 e. The van der Waals surface area contributed by atoms with Crippen LogP contribution >= 0.6 is 0 Å². The van der Waals surface area contributed by atoms with Crippen LogP contribution in [-0.2, 0) is 23.9 Å². The van der Waals surface area contributed by atoms with Crippen molar-refractivity contribution in [3.05, 3.63) is 49.6 Å². The Morgan fingerprint density at radius 2 is 1.77 bits per heavy atom. The molecule has 2 amide bonds. The van der Waals surface area contributed by atoms with Crippen LogP contribution in [0.25, 0.3) is 0 Å². The van der Waals surface area contributed by atoms with Gasteiger partial charge in [0.25, 0.3) is 5.91 Å². The van der Waals surface area contributed by atoms with Crippen LogP contribution in [0.5, 0.6) is 0 Å². The van der Waals surface area contributed by atoms with Crippen LogP contribution in [0.3, 0.4) is 0 Å². The molecule has 4 rings (SSSR count). The van der Waals surface area contributed by atoms with Gasteiger partial charge < -0.3 is 29.3 Å². The van der Waals surface area contributed by atoms with Gasteiger partial charge in [0.15, 0.2) is 0 Å². The Morgan fingerprint density at radius 3 is 2.42 bits per heavy atom. The van der Waals surface area contributed by atoms with Crippen LogP contribution in [0.2, 0.25) is 0 Å². The molecule has 1 N–H and O–H groups in total. The number of ether oxygens (including phenoxy) is 2. The summed E-state index contributed by atoms with van der Waals surface area (Å²) in [6, 6.07) is 7.06. The molecule has 3 aliphatic rings. The van der Waals surface area contributed by atoms with Crippen molar-refractivity contribution in [1.29, 1.82) is 0 Å². The summed E-state index contributed by atoms with van der Waals surface area (Å²) in [4.78, 5) is 47.8. The van der Waals surface area contributed by atoms with Gasteiger partial charge in [0.2, 0.25) is 5.91 Å². The first-order chi connectivity index (χ1) is 20.9. The number of aliphatic hydroxyl groups is 1. The number of likely N-dealkylation sites (tertiary alicyclic amines) is 1. The van der Waals surface area contributed by atoms with E-state index < -0.39 is 35.6 Å². The molecular formula is C34H49N3O6. The smallest absolute Gasteiger partial charge is 0.312 e. The molecule has 1 aromatic carbocycles. The second kappa shape index (κ2) is 15.0. The maximum atomic E-state index is 14.6. The van der Waals surface area contributed by atoms with E-state index in [1.807, 2.05) is 24.3 Å². The van der Waals surface area contributed by atoms with Crippen LogP contribution in [0.1, 0.15) is 65.2 Å². The molecule has 5 atom stereocenters. The van der Waals surface area contributed by atoms with Crippen LogP contribution in [0, 0.1) is 11.8 Å². The summed E-state index contributed by atoms with van der Waals surface area (Å²) in [5.74, 6) is -2.31. The van der Waals surface area contributed by atoms with E-state index in [1.54, 1.807) is 22.0 Å². The number of unbranched alkanes of at least 4 members (excludes halogenated alkanes) is 4. The third-order valence-corrected chi connectivity index (χ3v) is 9.28. The number of amides is 2. The van der Waals surface area contributed by atoms with Crippen molar-refractivity contribution in [2.45, 2.75) is 83.0 Å². The third kappa shape index (κ3) is 6.53. The minimum atomic E-state index is -1.07. The second-order valence-corrected chi connectivity index (χ2v) is 11.7. The van der Waals surface area contributed by atoms with E-state index >= 15 is 0 Å². The highest BCUT2D eigenvalue weighted by Crippen LogP contribution is 2.59. The van der Waals surface area contributed by atoms with Crippen molar-refractivity contribution in [3.8, 4) is 0 Å². The van der Waals surface area contributed by atoms with Crippen molar-refractivity contribution < 1.29 is 29.0 Å². The number of hydrogen-bond donors (Lipinski definition) is 1. The minimum Gasteiger partial charge on any atom is -0.465 e. The molecule has 9 heteroatoms. The predicted octanol–water partition coefficient (Wildman–Crippen LogP) is 4.49. The number of rotatable bonds is 18. The number of carbonyl (C=O) groups is 3. The van der Waals surface area contributed by atoms with Crippen LogP contribution in [0.15, 0.2) is 49.6 Å². The standard InChI is InChI=1S/C34H49N3O6/c1-5-9-14-24-42-33(41)28-27-19-20-34(43-27)29(28)31(39)37(22-12-10-11-13-23-38)30(34)32(40)36(21-6-2)26-17-15-25(16-18-26)35(7-3)8-4/h5-6,15-18,27-30,38H,1-2,7-14,19-24H2,3-4H3/t27-,28+,29-,30?,34?/m0/s1. The molecule has 236 valence electrons. The molecule has 1 spiro atoms. The average molecular weight is 596 g/mol. The number of benzene rings is 1. The summed E-state index contributed by atoms with van der Waals surface area (Å²) in [6.07, 6.45) is 8.63. The number of nitrogens with zero attached hydrogens (tertiary/aromatic N) is 3. The molecule has 0 aliphatic carbocycles. The molecule has 3 aliphatic heterocycles. The van der Waals surface area contributed by atoms with Crippen molar-refractivity contribution >= 4 is 29.2 Å². The Hall–Kier alpha value is -3.17. The predicted molar refractivity (Wildman–Crippen MR) is 168 cm³/mol. The Morgan fingerprint density at radius 1 is 1.07 bits per heavy atom. The van der Waals surface area contributed by atoms with Crippen molar-refractivity contribution in [3.63, 3.8) is 0 Å². The molecular weight excluding hydrogens is 546 g/mol. The zero-order chi connectivity index (χ0) is 31.0. The highest BCUT2D eigenvalue weighted by Gasteiger charge is 2.75. The summed E-state index contributed by atoms with van der Waals surface area (Å²) < 4.78 is 12.2. The lowest BCUT2D eigenvalue weighted by Crippen LogP contribution is -2.56. The fourth-order valence-electron chi connectivity index (χ4n) is 7.22. The minimum absolute atomic E-state index is 0.129. The largest absolute Gasteiger partial charge is 0.465 e. The van der Waals surface area contributed by atoms with Gasteiger partial charge in [-0.2, -0.15) is 0 Å². The lowest BCUT2D eigenvalue weighted by atomic mass is 9.70. The molecule has 3 heterocycles. The average Bonchev–Trinajstić information content (AvgIpc) is 3.66. The zero-order valence-electron chi connectivity index (χ0n) is 25.9. The Balaban J connectivity index is 1.65. The van der Waals surface area contributed by atoms with Crippen molar-refractivity contribution in [2.75, 3.05) is 49.2 Å². The van der Waals surface area contributed by atoms with Gasteiger partial charge >= 0.3 is 5.97 Å². The zero-order valence-corrected chi connectivity index (χ0v) is 25.9. The van der Waals surface area contributed by atoms with E-state index in [9.17, 15) is 19.5 Å². The topological polar surface area (TPSA) is 99.6 Å². The van der Waals surface area contributed by atoms with Crippen LogP contribution < -0.4 is 9.80 Å². The molecule has 3 saturated heterocycles. The summed E-state index contributed by atoms with van der Waals surface area (Å²) >= 11 is 0. The molecule has 9 nitrogen and oxygen atoms in total. The van der Waals surface area contributed by atoms with Crippen molar-refractivity contribution in [2.24, 2.45) is 11.8 Å². The molecule has 3 fully saturated rings. The first-order valence-corrected chi connectivity index (χ1v) is 16.0. The number of aliphatic hydroxyl groups excluding tert-OH is 1. The quantitative estimate of drug-likeness (QED) is 0.152. The van der Waals surface area contributed by atoms with Gasteiger partial charge in [-0.25, -0.2) is 0 Å². The third-order valence-electron chi connectivity index (χ3n) is 9.28. The van der Waals surface area contributed by atoms with Gasteiger partial charge in [0.05, 0.1) is 24.5 Å². The summed E-state index contributed by atoms with van der Waals surface area (Å²) in [5.41, 5.74) is 0.725. The van der Waals surface area contributed by atoms with Gasteiger partial charge in [-0.05, 0) is 76.6 Å². The number of fused-ring (bicyclic) bond motifs is 1. The summed E-state index contributed by atoms with van der Waals surface area (Å²) in [6.45, 7) is 14.6. The number of hydrogen-bond acceptors (Lipinski definition) is 7. The fraction of sp³-hybridized carbons (Fsp3) is 0.618. The van der Waals surface area contributed by atoms with Gasteiger partial charge in [-0.1, -0.05) is 25.0 Å². The number of allylic oxidation sites excluding steroid dienone is 1. The number of esters is 1. The van der Waals surface area contributed by atoms with E-state index in [4.69, 9.17) is 9.47 Å². The van der Waals surface area contributed by atoms with Gasteiger partial charge in [0.1, 0.15) is 11.6 Å². The Labute approximate surface area is 256 Å². The first-order valence-electron chi connectivity index (χ1n) is 16.0. The molecule has 0 saturated carbocycles. The lowest BCUT2D eigenvalue weighted by molar-refractivity contribution is -0.155. The fourth-order valence-corrected chi connectivity index (χ4v) is 7.22. The SMILES string of the molecule is C=CCCCOC(=O)[C@@H]1[C@@H]2CCC3(O2)C(C(=O)N(CC=C)c2ccc(N(CC)CC)cc2)N(CCCCCCO)C(=O)[C@H]13. The Bertz CT molecular complexity index is 1140. The molecule has 0 aromatic heterocycles. The van der Waals surface area contributed by atoms with Gasteiger partial charge in [0, 0.05) is 44.2 Å². The van der Waals surface area contributed by atoms with Gasteiger partial charge in [-0.3, -0.25) is 14.4 Å². The molecule has 1 aromatic rings. The highest BCUT2D eigenvalue weighted by molar-refractivity contribution is 6.04. The van der Waals surface area contributed by atoms with E-state index in [0.29, 0.717) is 38.6 Å². The molecule has 0 radical (unpaired) electrons. The summed E-state index contributed by atoms with van der Waals surface area (Å²) in [7, 11) is 0. The van der Waals surface area contributed by atoms with E-state index in [1.165, 1.54) is 0 Å². The summed E-state index contributed by atoms with van der Waals surface area (Å²) in [5, 5.41) is 9.19. The lowest BCUT2D eigenvalue weighted by Gasteiger charge is -2.37.